The number of nitrogens with zero attached hydrogens (tertiary/aromatic N) is 1. The van der Waals surface area contributed by atoms with Crippen molar-refractivity contribution in [2.45, 2.75) is 6.54 Å². The fourth-order valence-corrected chi connectivity index (χ4v) is 2.34. The lowest BCUT2D eigenvalue weighted by Crippen LogP contribution is -2.00. The molecule has 0 saturated carbocycles. The number of halogens is 1. The minimum absolute atomic E-state index is 0.196. The summed E-state index contributed by atoms with van der Waals surface area (Å²) in [6.45, 7) is 0.315. The number of benzene rings is 1. The second-order valence-electron chi connectivity index (χ2n) is 3.88. The fraction of sp³-hybridized carbons (Fsp3) is 0.0833. The van der Waals surface area contributed by atoms with E-state index >= 15 is 0 Å². The van der Waals surface area contributed by atoms with Crippen LogP contribution in [0.1, 0.15) is 15.2 Å². The number of aromatic carboxylic acids is 1. The summed E-state index contributed by atoms with van der Waals surface area (Å²) in [5.41, 5.74) is -0.0000999. The van der Waals surface area contributed by atoms with Gasteiger partial charge >= 0.3 is 11.7 Å². The molecule has 1 aromatic carbocycles. The highest BCUT2D eigenvalue weighted by atomic mass is 32.1. The number of carbonyl (C=O) groups is 1. The predicted octanol–water partition coefficient (Wildman–Crippen LogP) is 3.11. The van der Waals surface area contributed by atoms with Gasteiger partial charge in [0.15, 0.2) is 0 Å². The van der Waals surface area contributed by atoms with Crippen LogP contribution in [0.15, 0.2) is 29.6 Å². The van der Waals surface area contributed by atoms with Crippen molar-refractivity contribution < 1.29 is 19.2 Å². The molecule has 0 atom stereocenters. The Morgan fingerprint density at radius 1 is 1.45 bits per heavy atom. The van der Waals surface area contributed by atoms with Gasteiger partial charge in [-0.25, -0.2) is 4.79 Å². The van der Waals surface area contributed by atoms with Crippen LogP contribution in [0.3, 0.4) is 0 Å². The van der Waals surface area contributed by atoms with Crippen LogP contribution < -0.4 is 5.32 Å². The summed E-state index contributed by atoms with van der Waals surface area (Å²) < 4.78 is 13.4. The Morgan fingerprint density at radius 2 is 2.20 bits per heavy atom. The lowest BCUT2D eigenvalue weighted by atomic mass is 10.2. The van der Waals surface area contributed by atoms with Crippen molar-refractivity contribution in [2.24, 2.45) is 0 Å². The summed E-state index contributed by atoms with van der Waals surface area (Å²) in [5, 5.41) is 23.6. The number of nitro benzene ring substituents is 1. The molecule has 0 amide bonds. The van der Waals surface area contributed by atoms with E-state index in [4.69, 9.17) is 5.11 Å². The van der Waals surface area contributed by atoms with Gasteiger partial charge in [0.1, 0.15) is 0 Å². The Bertz CT molecular complexity index is 671. The zero-order chi connectivity index (χ0) is 14.7. The molecule has 0 unspecified atom stereocenters. The zero-order valence-electron chi connectivity index (χ0n) is 10.00. The van der Waals surface area contributed by atoms with Crippen molar-refractivity contribution in [3.63, 3.8) is 0 Å². The smallest absolute Gasteiger partial charge is 0.336 e. The Morgan fingerprint density at radius 3 is 2.75 bits per heavy atom. The number of thiophene rings is 1. The Kier molecular flexibility index (Phi) is 3.94. The van der Waals surface area contributed by atoms with Gasteiger partial charge in [-0.05, 0) is 12.1 Å². The molecule has 2 aromatic rings. The van der Waals surface area contributed by atoms with E-state index in [1.54, 1.807) is 0 Å². The maximum atomic E-state index is 13.4. The van der Waals surface area contributed by atoms with Crippen LogP contribution in [0.2, 0.25) is 0 Å². The third kappa shape index (κ3) is 3.09. The number of nitrogens with one attached hydrogen (secondary N) is 1. The molecule has 0 aliphatic heterocycles. The molecule has 0 bridgehead atoms. The molecule has 1 heterocycles. The van der Waals surface area contributed by atoms with Crippen LogP contribution in [0.25, 0.3) is 0 Å². The molecule has 104 valence electrons. The average molecular weight is 296 g/mol. The Labute approximate surface area is 116 Å². The lowest BCUT2D eigenvalue weighted by molar-refractivity contribution is -0.387. The molecule has 0 aliphatic rings. The van der Waals surface area contributed by atoms with Gasteiger partial charge in [-0.3, -0.25) is 10.1 Å². The highest BCUT2D eigenvalue weighted by Gasteiger charge is 2.13. The topological polar surface area (TPSA) is 92.5 Å². The first-order chi connectivity index (χ1) is 9.47. The van der Waals surface area contributed by atoms with E-state index in [-0.39, 0.29) is 5.56 Å². The van der Waals surface area contributed by atoms with Crippen LogP contribution in [0.4, 0.5) is 15.8 Å². The third-order valence-corrected chi connectivity index (χ3v) is 3.45. The first-order valence-electron chi connectivity index (χ1n) is 5.46. The zero-order valence-corrected chi connectivity index (χ0v) is 10.8. The van der Waals surface area contributed by atoms with Gasteiger partial charge in [0.2, 0.25) is 5.82 Å². The largest absolute Gasteiger partial charge is 0.478 e. The number of carboxylic acids is 1. The van der Waals surface area contributed by atoms with E-state index < -0.39 is 22.4 Å². The molecular formula is C12H9FN2O4S. The summed E-state index contributed by atoms with van der Waals surface area (Å²) in [4.78, 5) is 21.1. The van der Waals surface area contributed by atoms with Gasteiger partial charge in [-0.2, -0.15) is 4.39 Å². The van der Waals surface area contributed by atoms with Gasteiger partial charge in [0.05, 0.1) is 10.5 Å². The van der Waals surface area contributed by atoms with E-state index in [1.807, 2.05) is 0 Å². The maximum absolute atomic E-state index is 13.4. The monoisotopic (exact) mass is 296 g/mol. The molecule has 0 fully saturated rings. The minimum atomic E-state index is -1.01. The van der Waals surface area contributed by atoms with Crippen molar-refractivity contribution in [2.75, 3.05) is 5.32 Å². The molecule has 8 heteroatoms. The van der Waals surface area contributed by atoms with E-state index in [9.17, 15) is 19.3 Å². The highest BCUT2D eigenvalue weighted by Crippen LogP contribution is 2.22. The molecule has 0 spiro atoms. The van der Waals surface area contributed by atoms with Crippen molar-refractivity contribution in [1.29, 1.82) is 0 Å². The number of nitro groups is 1. The first kappa shape index (κ1) is 13.9. The molecular weight excluding hydrogens is 287 g/mol. The van der Waals surface area contributed by atoms with Crippen LogP contribution >= 0.6 is 11.3 Å². The van der Waals surface area contributed by atoms with Crippen molar-refractivity contribution >= 4 is 28.7 Å². The minimum Gasteiger partial charge on any atom is -0.478 e. The maximum Gasteiger partial charge on any atom is 0.336 e. The second-order valence-corrected chi connectivity index (χ2v) is 4.88. The third-order valence-electron chi connectivity index (χ3n) is 2.51. The number of hydrogen-bond donors (Lipinski definition) is 2. The van der Waals surface area contributed by atoms with Gasteiger partial charge < -0.3 is 10.4 Å². The first-order valence-corrected chi connectivity index (χ1v) is 6.34. The molecule has 2 rings (SSSR count). The van der Waals surface area contributed by atoms with E-state index in [0.29, 0.717) is 12.2 Å². The van der Waals surface area contributed by atoms with E-state index in [1.165, 1.54) is 28.8 Å². The quantitative estimate of drug-likeness (QED) is 0.653. The SMILES string of the molecule is O=C(O)c1csc(CNc2ccc([N+](=O)[O-])c(F)c2)c1. The van der Waals surface area contributed by atoms with Crippen molar-refractivity contribution in [1.82, 2.24) is 0 Å². The normalized spacial score (nSPS) is 10.2. The Hall–Kier alpha value is -2.48. The molecule has 0 saturated heterocycles. The summed E-state index contributed by atoms with van der Waals surface area (Å²) in [6, 6.07) is 5.02. The number of hydrogen-bond acceptors (Lipinski definition) is 5. The van der Waals surface area contributed by atoms with Gasteiger partial charge in [0.25, 0.3) is 0 Å². The fourth-order valence-electron chi connectivity index (χ4n) is 1.54. The van der Waals surface area contributed by atoms with Crippen LogP contribution in [-0.4, -0.2) is 16.0 Å². The van der Waals surface area contributed by atoms with Crippen molar-refractivity contribution in [3.05, 3.63) is 56.0 Å². The molecule has 2 N–H and O–H groups in total. The Balaban J connectivity index is 2.05. The van der Waals surface area contributed by atoms with Crippen LogP contribution in [0, 0.1) is 15.9 Å². The number of carboxylic acid groups (broad SMARTS) is 1. The highest BCUT2D eigenvalue weighted by molar-refractivity contribution is 7.10. The van der Waals surface area contributed by atoms with Gasteiger partial charge in [0, 0.05) is 34.6 Å². The van der Waals surface area contributed by atoms with Gasteiger partial charge in [-0.1, -0.05) is 0 Å². The molecule has 20 heavy (non-hydrogen) atoms. The standard InChI is InChI=1S/C12H9FN2O4S/c13-10-4-8(1-2-11(10)15(18)19)14-5-9-3-7(6-20-9)12(16)17/h1-4,6,14H,5H2,(H,16,17). The van der Waals surface area contributed by atoms with E-state index in [2.05, 4.69) is 5.32 Å². The van der Waals surface area contributed by atoms with Crippen LogP contribution in [-0.2, 0) is 6.54 Å². The molecule has 0 aliphatic carbocycles. The summed E-state index contributed by atoms with van der Waals surface area (Å²) >= 11 is 1.26. The molecule has 0 radical (unpaired) electrons. The summed E-state index contributed by atoms with van der Waals surface area (Å²) in [6.07, 6.45) is 0. The lowest BCUT2D eigenvalue weighted by Gasteiger charge is -2.04. The summed E-state index contributed by atoms with van der Waals surface area (Å²) in [7, 11) is 0. The predicted molar refractivity (Wildman–Crippen MR) is 71.7 cm³/mol. The summed E-state index contributed by atoms with van der Waals surface area (Å²) in [5.74, 6) is -1.92. The molecule has 6 nitrogen and oxygen atoms in total. The van der Waals surface area contributed by atoms with Gasteiger partial charge in [-0.15, -0.1) is 11.3 Å². The number of anilines is 1. The van der Waals surface area contributed by atoms with E-state index in [0.717, 1.165) is 17.0 Å². The second kappa shape index (κ2) is 5.66. The number of rotatable bonds is 5. The average Bonchev–Trinajstić information content (AvgIpc) is 2.85. The van der Waals surface area contributed by atoms with Crippen LogP contribution in [0.5, 0.6) is 0 Å². The van der Waals surface area contributed by atoms with Crippen molar-refractivity contribution in [3.8, 4) is 0 Å². The molecule has 1 aromatic heterocycles.